The second kappa shape index (κ2) is 5.13. The summed E-state index contributed by atoms with van der Waals surface area (Å²) in [6.45, 7) is 1.49. The first-order valence-corrected chi connectivity index (χ1v) is 7.61. The maximum absolute atomic E-state index is 5.47. The smallest absolute Gasteiger partial charge is 0.0725 e. The van der Waals surface area contributed by atoms with Crippen LogP contribution >= 0.6 is 27.3 Å². The van der Waals surface area contributed by atoms with Gasteiger partial charge < -0.3 is 10.1 Å². The molecule has 1 atom stereocenters. The molecule has 0 saturated carbocycles. The third kappa shape index (κ3) is 2.14. The lowest BCUT2D eigenvalue weighted by Crippen LogP contribution is -2.17. The van der Waals surface area contributed by atoms with E-state index in [0.29, 0.717) is 0 Å². The Bertz CT molecular complexity index is 567. The summed E-state index contributed by atoms with van der Waals surface area (Å²) < 4.78 is 6.64. The number of benzene rings is 1. The Labute approximate surface area is 119 Å². The van der Waals surface area contributed by atoms with E-state index in [2.05, 4.69) is 50.2 Å². The average molecular weight is 324 g/mol. The quantitative estimate of drug-likeness (QED) is 0.926. The molecule has 2 heterocycles. The van der Waals surface area contributed by atoms with Crippen LogP contribution in [-0.4, -0.2) is 7.05 Å². The lowest BCUT2D eigenvalue weighted by atomic mass is 9.97. The summed E-state index contributed by atoms with van der Waals surface area (Å²) in [5, 5.41) is 7.70. The van der Waals surface area contributed by atoms with Gasteiger partial charge in [-0.05, 0) is 50.6 Å². The van der Waals surface area contributed by atoms with Crippen molar-refractivity contribution in [3.63, 3.8) is 0 Å². The predicted octanol–water partition coefficient (Wildman–Crippen LogP) is 3.85. The zero-order valence-electron chi connectivity index (χ0n) is 10.1. The van der Waals surface area contributed by atoms with E-state index in [4.69, 9.17) is 4.74 Å². The Morgan fingerprint density at radius 2 is 2.11 bits per heavy atom. The molecule has 1 aliphatic rings. The van der Waals surface area contributed by atoms with Gasteiger partial charge in [-0.15, -0.1) is 0 Å². The molecule has 1 aromatic heterocycles. The van der Waals surface area contributed by atoms with Crippen LogP contribution in [0.5, 0.6) is 0 Å². The van der Waals surface area contributed by atoms with Gasteiger partial charge in [0.15, 0.2) is 0 Å². The fourth-order valence-corrected chi connectivity index (χ4v) is 3.92. The molecular formula is C14H14BrNOS. The average Bonchev–Trinajstić information content (AvgIpc) is 2.99. The molecule has 0 bridgehead atoms. The fraction of sp³-hybridized carbons (Fsp3) is 0.286. The van der Waals surface area contributed by atoms with Gasteiger partial charge in [0.05, 0.1) is 19.3 Å². The zero-order valence-corrected chi connectivity index (χ0v) is 12.5. The molecule has 1 aromatic carbocycles. The van der Waals surface area contributed by atoms with Crippen LogP contribution in [0.25, 0.3) is 0 Å². The van der Waals surface area contributed by atoms with Crippen LogP contribution in [-0.2, 0) is 18.0 Å². The summed E-state index contributed by atoms with van der Waals surface area (Å²) in [4.78, 5) is 0. The molecule has 3 rings (SSSR count). The minimum Gasteiger partial charge on any atom is -0.372 e. The normalized spacial score (nSPS) is 15.7. The van der Waals surface area contributed by atoms with E-state index in [1.165, 1.54) is 26.7 Å². The van der Waals surface area contributed by atoms with E-state index in [1.54, 1.807) is 11.3 Å². The summed E-state index contributed by atoms with van der Waals surface area (Å²) in [7, 11) is 2.00. The van der Waals surface area contributed by atoms with E-state index in [-0.39, 0.29) is 6.04 Å². The lowest BCUT2D eigenvalue weighted by Gasteiger charge is -2.17. The second-order valence-corrected chi connectivity index (χ2v) is 6.02. The molecule has 0 spiro atoms. The van der Waals surface area contributed by atoms with Crippen molar-refractivity contribution in [2.75, 3.05) is 7.05 Å². The molecule has 94 valence electrons. The number of halogens is 1. The van der Waals surface area contributed by atoms with Crippen LogP contribution in [0.3, 0.4) is 0 Å². The van der Waals surface area contributed by atoms with Crippen LogP contribution in [0, 0.1) is 0 Å². The van der Waals surface area contributed by atoms with Crippen LogP contribution in [0.2, 0.25) is 0 Å². The van der Waals surface area contributed by atoms with Crippen molar-refractivity contribution in [1.29, 1.82) is 0 Å². The minimum atomic E-state index is 0.233. The molecule has 0 amide bonds. The molecule has 1 aliphatic heterocycles. The zero-order chi connectivity index (χ0) is 12.5. The third-order valence-corrected chi connectivity index (χ3v) is 5.07. The van der Waals surface area contributed by atoms with Gasteiger partial charge >= 0.3 is 0 Å². The Morgan fingerprint density at radius 1 is 1.28 bits per heavy atom. The molecular weight excluding hydrogens is 310 g/mol. The predicted molar refractivity (Wildman–Crippen MR) is 77.9 cm³/mol. The highest BCUT2D eigenvalue weighted by molar-refractivity contribution is 9.10. The second-order valence-electron chi connectivity index (χ2n) is 4.42. The highest BCUT2D eigenvalue weighted by Gasteiger charge is 2.18. The van der Waals surface area contributed by atoms with Crippen molar-refractivity contribution in [3.8, 4) is 0 Å². The summed E-state index contributed by atoms with van der Waals surface area (Å²) in [6, 6.07) is 6.87. The van der Waals surface area contributed by atoms with Crippen LogP contribution in [0.1, 0.15) is 28.3 Å². The standard InChI is InChI=1S/C14H14BrNOS/c1-16-14(12-7-18-8-13(12)15)9-2-3-10-5-17-6-11(10)4-9/h2-4,7-8,14,16H,5-6H2,1H3. The lowest BCUT2D eigenvalue weighted by molar-refractivity contribution is 0.134. The maximum Gasteiger partial charge on any atom is 0.0725 e. The first kappa shape index (κ1) is 12.4. The van der Waals surface area contributed by atoms with Crippen molar-refractivity contribution in [2.45, 2.75) is 19.3 Å². The van der Waals surface area contributed by atoms with Gasteiger partial charge in [-0.1, -0.05) is 18.2 Å². The maximum atomic E-state index is 5.47. The molecule has 0 aliphatic carbocycles. The van der Waals surface area contributed by atoms with Crippen LogP contribution in [0.4, 0.5) is 0 Å². The van der Waals surface area contributed by atoms with Crippen molar-refractivity contribution in [3.05, 3.63) is 55.7 Å². The molecule has 1 unspecified atom stereocenters. The Balaban J connectivity index is 2.00. The molecule has 1 N–H and O–H groups in total. The summed E-state index contributed by atoms with van der Waals surface area (Å²) >= 11 is 5.33. The Morgan fingerprint density at radius 3 is 2.83 bits per heavy atom. The van der Waals surface area contributed by atoms with E-state index < -0.39 is 0 Å². The van der Waals surface area contributed by atoms with Crippen LogP contribution < -0.4 is 5.32 Å². The number of hydrogen-bond acceptors (Lipinski definition) is 3. The number of fused-ring (bicyclic) bond motifs is 1. The summed E-state index contributed by atoms with van der Waals surface area (Å²) in [5.41, 5.74) is 5.22. The van der Waals surface area contributed by atoms with Crippen molar-refractivity contribution < 1.29 is 4.74 Å². The minimum absolute atomic E-state index is 0.233. The summed E-state index contributed by atoms with van der Waals surface area (Å²) in [5.74, 6) is 0. The fourth-order valence-electron chi connectivity index (χ4n) is 2.37. The molecule has 0 saturated heterocycles. The first-order valence-electron chi connectivity index (χ1n) is 5.88. The van der Waals surface area contributed by atoms with E-state index in [9.17, 15) is 0 Å². The van der Waals surface area contributed by atoms with E-state index in [0.717, 1.165) is 13.2 Å². The van der Waals surface area contributed by atoms with Gasteiger partial charge in [0.2, 0.25) is 0 Å². The SMILES string of the molecule is CNC(c1ccc2c(c1)COC2)c1cscc1Br. The molecule has 4 heteroatoms. The molecule has 0 fully saturated rings. The monoisotopic (exact) mass is 323 g/mol. The Kier molecular flexibility index (Phi) is 3.52. The third-order valence-electron chi connectivity index (χ3n) is 3.32. The van der Waals surface area contributed by atoms with E-state index >= 15 is 0 Å². The Hall–Kier alpha value is -0.680. The van der Waals surface area contributed by atoms with Gasteiger partial charge in [-0.25, -0.2) is 0 Å². The number of thiophene rings is 1. The number of nitrogens with one attached hydrogen (secondary N) is 1. The topological polar surface area (TPSA) is 21.3 Å². The number of rotatable bonds is 3. The molecule has 18 heavy (non-hydrogen) atoms. The van der Waals surface area contributed by atoms with Gasteiger partial charge in [0, 0.05) is 9.85 Å². The molecule has 0 radical (unpaired) electrons. The number of ether oxygens (including phenoxy) is 1. The summed E-state index contributed by atoms with van der Waals surface area (Å²) in [6.07, 6.45) is 0. The number of hydrogen-bond donors (Lipinski definition) is 1. The highest BCUT2D eigenvalue weighted by Crippen LogP contribution is 2.33. The molecule has 2 aromatic rings. The van der Waals surface area contributed by atoms with Gasteiger partial charge in [-0.3, -0.25) is 0 Å². The highest BCUT2D eigenvalue weighted by atomic mass is 79.9. The molecule has 2 nitrogen and oxygen atoms in total. The first-order chi connectivity index (χ1) is 8.79. The van der Waals surface area contributed by atoms with Gasteiger partial charge in [-0.2, -0.15) is 11.3 Å². The van der Waals surface area contributed by atoms with Gasteiger partial charge in [0.1, 0.15) is 0 Å². The van der Waals surface area contributed by atoms with Crippen LogP contribution in [0.15, 0.2) is 33.4 Å². The van der Waals surface area contributed by atoms with Gasteiger partial charge in [0.25, 0.3) is 0 Å². The van der Waals surface area contributed by atoms with E-state index in [1.807, 2.05) is 7.05 Å². The van der Waals surface area contributed by atoms with Crippen molar-refractivity contribution >= 4 is 27.3 Å². The van der Waals surface area contributed by atoms with Crippen molar-refractivity contribution in [2.24, 2.45) is 0 Å². The largest absolute Gasteiger partial charge is 0.372 e. The van der Waals surface area contributed by atoms with Crippen molar-refractivity contribution in [1.82, 2.24) is 5.32 Å².